The molecular formula is C25H32N2O4S. The molecule has 0 aliphatic carbocycles. The maximum Gasteiger partial charge on any atom is 0.243 e. The van der Waals surface area contributed by atoms with Crippen molar-refractivity contribution in [2.24, 2.45) is 5.92 Å². The van der Waals surface area contributed by atoms with Crippen LogP contribution in [0.4, 0.5) is 0 Å². The molecule has 1 amide bonds. The van der Waals surface area contributed by atoms with Crippen molar-refractivity contribution in [1.29, 1.82) is 0 Å². The van der Waals surface area contributed by atoms with Crippen LogP contribution < -0.4 is 10.1 Å². The van der Waals surface area contributed by atoms with E-state index in [0.717, 1.165) is 22.4 Å². The molecule has 0 bridgehead atoms. The third kappa shape index (κ3) is 4.69. The standard InChI is InChI=1S/C25H32N2O4S/c1-17-5-8-20(9-6-17)32(29,30)27-13-11-19(12-14-27)24(28)26-22-16-25(3,4)31-23-15-18(2)7-10-21(22)23/h5-10,15,19,22H,11-14,16H2,1-4H3,(H,26,28)/t22-/m0/s1. The van der Waals surface area contributed by atoms with Crippen molar-refractivity contribution >= 4 is 15.9 Å². The van der Waals surface area contributed by atoms with E-state index in [1.807, 2.05) is 58.0 Å². The second kappa shape index (κ2) is 8.52. The quantitative estimate of drug-likeness (QED) is 0.751. The normalized spacial score (nSPS) is 21.4. The summed E-state index contributed by atoms with van der Waals surface area (Å²) in [6.45, 7) is 8.72. The van der Waals surface area contributed by atoms with Crippen molar-refractivity contribution in [1.82, 2.24) is 9.62 Å². The van der Waals surface area contributed by atoms with Crippen LogP contribution in [-0.4, -0.2) is 37.3 Å². The van der Waals surface area contributed by atoms with Gasteiger partial charge >= 0.3 is 0 Å². The number of hydrogen-bond acceptors (Lipinski definition) is 4. The van der Waals surface area contributed by atoms with E-state index in [0.29, 0.717) is 37.2 Å². The lowest BCUT2D eigenvalue weighted by Gasteiger charge is -2.39. The zero-order valence-electron chi connectivity index (χ0n) is 19.2. The van der Waals surface area contributed by atoms with E-state index < -0.39 is 10.0 Å². The Labute approximate surface area is 191 Å². The van der Waals surface area contributed by atoms with Crippen molar-refractivity contribution in [3.8, 4) is 5.75 Å². The number of fused-ring (bicyclic) bond motifs is 1. The fourth-order valence-electron chi connectivity index (χ4n) is 4.59. The number of sulfonamides is 1. The van der Waals surface area contributed by atoms with Gasteiger partial charge in [-0.1, -0.05) is 29.8 Å². The molecule has 0 radical (unpaired) electrons. The van der Waals surface area contributed by atoms with Crippen LogP contribution in [0.3, 0.4) is 0 Å². The van der Waals surface area contributed by atoms with Crippen LogP contribution >= 0.6 is 0 Å². The molecule has 6 nitrogen and oxygen atoms in total. The van der Waals surface area contributed by atoms with Crippen LogP contribution in [0.5, 0.6) is 5.75 Å². The Bertz CT molecular complexity index is 1100. The van der Waals surface area contributed by atoms with Crippen LogP contribution in [0.15, 0.2) is 47.4 Å². The molecule has 2 aromatic carbocycles. The maximum absolute atomic E-state index is 13.1. The van der Waals surface area contributed by atoms with Crippen molar-refractivity contribution in [2.45, 2.75) is 63.5 Å². The van der Waals surface area contributed by atoms with Gasteiger partial charge in [0.15, 0.2) is 0 Å². The molecule has 1 atom stereocenters. The highest BCUT2D eigenvalue weighted by molar-refractivity contribution is 7.89. The van der Waals surface area contributed by atoms with E-state index in [-0.39, 0.29) is 23.5 Å². The summed E-state index contributed by atoms with van der Waals surface area (Å²) < 4.78 is 33.5. The predicted octanol–water partition coefficient (Wildman–Crippen LogP) is 4.12. The van der Waals surface area contributed by atoms with Gasteiger partial charge in [-0.2, -0.15) is 4.31 Å². The van der Waals surface area contributed by atoms with Gasteiger partial charge in [-0.25, -0.2) is 8.42 Å². The first-order valence-electron chi connectivity index (χ1n) is 11.2. The Morgan fingerprint density at radius 3 is 2.31 bits per heavy atom. The summed E-state index contributed by atoms with van der Waals surface area (Å²) in [7, 11) is -3.53. The predicted molar refractivity (Wildman–Crippen MR) is 124 cm³/mol. The van der Waals surface area contributed by atoms with Crippen LogP contribution in [0.25, 0.3) is 0 Å². The molecule has 32 heavy (non-hydrogen) atoms. The third-order valence-corrected chi connectivity index (χ3v) is 8.34. The highest BCUT2D eigenvalue weighted by atomic mass is 32.2. The fourth-order valence-corrected chi connectivity index (χ4v) is 6.06. The van der Waals surface area contributed by atoms with E-state index in [1.165, 1.54) is 4.31 Å². The molecule has 1 N–H and O–H groups in total. The summed E-state index contributed by atoms with van der Waals surface area (Å²) in [5, 5.41) is 3.22. The van der Waals surface area contributed by atoms with Gasteiger partial charge in [0.05, 0.1) is 10.9 Å². The minimum absolute atomic E-state index is 0.00777. The average molecular weight is 457 g/mol. The van der Waals surface area contributed by atoms with Gasteiger partial charge in [-0.15, -0.1) is 0 Å². The first-order chi connectivity index (χ1) is 15.0. The number of rotatable bonds is 4. The van der Waals surface area contributed by atoms with Gasteiger partial charge in [-0.3, -0.25) is 4.79 Å². The number of benzene rings is 2. The fraction of sp³-hybridized carbons (Fsp3) is 0.480. The van der Waals surface area contributed by atoms with Crippen molar-refractivity contribution < 1.29 is 17.9 Å². The molecule has 172 valence electrons. The number of nitrogens with one attached hydrogen (secondary N) is 1. The molecule has 4 rings (SSSR count). The van der Waals surface area contributed by atoms with Gasteiger partial charge in [0.2, 0.25) is 15.9 Å². The number of hydrogen-bond donors (Lipinski definition) is 1. The van der Waals surface area contributed by atoms with E-state index in [2.05, 4.69) is 5.32 Å². The lowest BCUT2D eigenvalue weighted by molar-refractivity contribution is -0.127. The lowest BCUT2D eigenvalue weighted by Crippen LogP contribution is -2.46. The summed E-state index contributed by atoms with van der Waals surface area (Å²) >= 11 is 0. The zero-order valence-corrected chi connectivity index (χ0v) is 20.0. The monoisotopic (exact) mass is 456 g/mol. The zero-order chi connectivity index (χ0) is 23.1. The molecule has 2 aromatic rings. The molecule has 1 saturated heterocycles. The van der Waals surface area contributed by atoms with Crippen molar-refractivity contribution in [3.63, 3.8) is 0 Å². The number of carbonyl (C=O) groups excluding carboxylic acids is 1. The largest absolute Gasteiger partial charge is 0.487 e. The van der Waals surface area contributed by atoms with Gasteiger partial charge in [0.1, 0.15) is 11.4 Å². The molecular weight excluding hydrogens is 424 g/mol. The average Bonchev–Trinajstić information content (AvgIpc) is 2.73. The van der Waals surface area contributed by atoms with Crippen LogP contribution in [0.1, 0.15) is 55.8 Å². The van der Waals surface area contributed by atoms with E-state index in [9.17, 15) is 13.2 Å². The van der Waals surface area contributed by atoms with Gasteiger partial charge in [0, 0.05) is 31.0 Å². The van der Waals surface area contributed by atoms with Crippen LogP contribution in [0.2, 0.25) is 0 Å². The SMILES string of the molecule is Cc1ccc(S(=O)(=O)N2CCC(C(=O)N[C@H]3CC(C)(C)Oc4cc(C)ccc43)CC2)cc1. The first-order valence-corrected chi connectivity index (χ1v) is 12.7. The Morgan fingerprint density at radius 2 is 1.66 bits per heavy atom. The van der Waals surface area contributed by atoms with Crippen molar-refractivity contribution in [2.75, 3.05) is 13.1 Å². The van der Waals surface area contributed by atoms with Crippen LogP contribution in [-0.2, 0) is 14.8 Å². The Kier molecular flexibility index (Phi) is 6.07. The second-order valence-corrected chi connectivity index (χ2v) is 11.6. The van der Waals surface area contributed by atoms with Gasteiger partial charge < -0.3 is 10.1 Å². The minimum Gasteiger partial charge on any atom is -0.487 e. The van der Waals surface area contributed by atoms with E-state index in [4.69, 9.17) is 4.74 Å². The molecule has 0 spiro atoms. The third-order valence-electron chi connectivity index (χ3n) is 6.43. The maximum atomic E-state index is 13.1. The highest BCUT2D eigenvalue weighted by Crippen LogP contribution is 2.40. The Balaban J connectivity index is 1.42. The van der Waals surface area contributed by atoms with E-state index >= 15 is 0 Å². The van der Waals surface area contributed by atoms with E-state index in [1.54, 1.807) is 12.1 Å². The smallest absolute Gasteiger partial charge is 0.243 e. The summed E-state index contributed by atoms with van der Waals surface area (Å²) in [5.41, 5.74) is 2.77. The van der Waals surface area contributed by atoms with Crippen molar-refractivity contribution in [3.05, 3.63) is 59.2 Å². The van der Waals surface area contributed by atoms with Gasteiger partial charge in [0.25, 0.3) is 0 Å². The summed E-state index contributed by atoms with van der Waals surface area (Å²) in [4.78, 5) is 13.4. The Morgan fingerprint density at radius 1 is 1.03 bits per heavy atom. The summed E-state index contributed by atoms with van der Waals surface area (Å²) in [6, 6.07) is 12.9. The number of ether oxygens (including phenoxy) is 1. The molecule has 1 fully saturated rings. The first kappa shape index (κ1) is 22.8. The number of piperidine rings is 1. The number of aryl methyl sites for hydroxylation is 2. The summed E-state index contributed by atoms with van der Waals surface area (Å²) in [6.07, 6.45) is 1.73. The van der Waals surface area contributed by atoms with Gasteiger partial charge in [-0.05, 0) is 64.3 Å². The molecule has 2 aliphatic heterocycles. The number of amides is 1. The Hall–Kier alpha value is -2.38. The topological polar surface area (TPSA) is 75.7 Å². The minimum atomic E-state index is -3.53. The molecule has 2 aliphatic rings. The summed E-state index contributed by atoms with van der Waals surface area (Å²) in [5.74, 6) is 0.622. The number of nitrogens with zero attached hydrogens (tertiary/aromatic N) is 1. The molecule has 7 heteroatoms. The molecule has 0 unspecified atom stereocenters. The lowest BCUT2D eigenvalue weighted by atomic mass is 9.88. The van der Waals surface area contributed by atoms with Crippen LogP contribution in [0, 0.1) is 19.8 Å². The molecule has 2 heterocycles. The number of carbonyl (C=O) groups is 1. The molecule has 0 saturated carbocycles. The molecule has 0 aromatic heterocycles. The highest BCUT2D eigenvalue weighted by Gasteiger charge is 2.37. The second-order valence-electron chi connectivity index (χ2n) is 9.66.